The van der Waals surface area contributed by atoms with Gasteiger partial charge in [-0.05, 0) is 30.3 Å². The Morgan fingerprint density at radius 3 is 2.88 bits per heavy atom. The number of nitrogens with one attached hydrogen (secondary N) is 1. The molecule has 8 heteroatoms. The molecule has 0 aliphatic carbocycles. The Labute approximate surface area is 147 Å². The van der Waals surface area contributed by atoms with Gasteiger partial charge in [-0.25, -0.2) is 9.20 Å². The van der Waals surface area contributed by atoms with Crippen LogP contribution in [0.25, 0.3) is 11.2 Å². The predicted molar refractivity (Wildman–Crippen MR) is 96.1 cm³/mol. The molecule has 0 aliphatic heterocycles. The van der Waals surface area contributed by atoms with Crippen LogP contribution in [0.4, 0.5) is 11.6 Å². The molecule has 1 aromatic carbocycles. The van der Waals surface area contributed by atoms with Gasteiger partial charge in [-0.15, -0.1) is 5.10 Å². The highest BCUT2D eigenvalue weighted by Crippen LogP contribution is 2.22. The van der Waals surface area contributed by atoms with Crippen molar-refractivity contribution in [3.63, 3.8) is 0 Å². The number of carbonyl (C=O) groups excluding carboxylic acids is 1. The number of nitrogens with two attached hydrogens (primary N) is 1. The lowest BCUT2D eigenvalue weighted by Gasteiger charge is -2.09. The van der Waals surface area contributed by atoms with E-state index in [9.17, 15) is 4.79 Å². The van der Waals surface area contributed by atoms with E-state index in [4.69, 9.17) is 17.3 Å². The average Bonchev–Trinajstić information content (AvgIpc) is 3.17. The SMILES string of the molecule is Nc1nn2ccccc2c1C(=O)Nc1ccnn1-c1cccc(Cl)c1. The first-order valence-corrected chi connectivity index (χ1v) is 7.85. The maximum absolute atomic E-state index is 12.7. The number of anilines is 2. The Kier molecular flexibility index (Phi) is 3.62. The maximum atomic E-state index is 12.7. The van der Waals surface area contributed by atoms with Crippen molar-refractivity contribution < 1.29 is 4.79 Å². The monoisotopic (exact) mass is 352 g/mol. The molecule has 0 unspecified atom stereocenters. The lowest BCUT2D eigenvalue weighted by Crippen LogP contribution is -2.16. The zero-order valence-electron chi connectivity index (χ0n) is 12.9. The van der Waals surface area contributed by atoms with E-state index in [1.54, 1.807) is 45.9 Å². The second-order valence-corrected chi connectivity index (χ2v) is 5.79. The normalized spacial score (nSPS) is 10.9. The fourth-order valence-corrected chi connectivity index (χ4v) is 2.82. The van der Waals surface area contributed by atoms with E-state index >= 15 is 0 Å². The summed E-state index contributed by atoms with van der Waals surface area (Å²) in [5, 5.41) is 11.8. The molecular formula is C17H13ClN6O. The summed E-state index contributed by atoms with van der Waals surface area (Å²) in [5.41, 5.74) is 7.61. The van der Waals surface area contributed by atoms with E-state index in [2.05, 4.69) is 15.5 Å². The number of benzene rings is 1. The van der Waals surface area contributed by atoms with Crippen molar-refractivity contribution in [2.45, 2.75) is 0 Å². The lowest BCUT2D eigenvalue weighted by atomic mass is 10.2. The largest absolute Gasteiger partial charge is 0.382 e. The Morgan fingerprint density at radius 2 is 2.04 bits per heavy atom. The van der Waals surface area contributed by atoms with Crippen LogP contribution in [0.5, 0.6) is 0 Å². The molecule has 0 saturated carbocycles. The molecule has 0 spiro atoms. The molecule has 3 heterocycles. The third-order valence-electron chi connectivity index (χ3n) is 3.73. The number of aromatic nitrogens is 4. The summed E-state index contributed by atoms with van der Waals surface area (Å²) in [4.78, 5) is 12.7. The highest BCUT2D eigenvalue weighted by Gasteiger charge is 2.19. The number of pyridine rings is 1. The molecule has 0 atom stereocenters. The van der Waals surface area contributed by atoms with Crippen LogP contribution in [0, 0.1) is 0 Å². The Morgan fingerprint density at radius 1 is 1.16 bits per heavy atom. The molecule has 1 amide bonds. The zero-order chi connectivity index (χ0) is 17.4. The number of nitrogens with zero attached hydrogens (tertiary/aromatic N) is 4. The van der Waals surface area contributed by atoms with Crippen LogP contribution in [0.2, 0.25) is 5.02 Å². The van der Waals surface area contributed by atoms with Crippen LogP contribution >= 0.6 is 11.6 Å². The minimum Gasteiger partial charge on any atom is -0.382 e. The van der Waals surface area contributed by atoms with Gasteiger partial charge in [-0.3, -0.25) is 4.79 Å². The molecule has 0 saturated heterocycles. The number of nitrogen functional groups attached to an aromatic ring is 1. The van der Waals surface area contributed by atoms with Crippen LogP contribution in [-0.4, -0.2) is 25.3 Å². The summed E-state index contributed by atoms with van der Waals surface area (Å²) in [6.45, 7) is 0. The molecular weight excluding hydrogens is 340 g/mol. The van der Waals surface area contributed by atoms with Gasteiger partial charge in [0.25, 0.3) is 5.91 Å². The van der Waals surface area contributed by atoms with Gasteiger partial charge >= 0.3 is 0 Å². The van der Waals surface area contributed by atoms with E-state index in [1.807, 2.05) is 24.3 Å². The highest BCUT2D eigenvalue weighted by molar-refractivity contribution is 6.30. The van der Waals surface area contributed by atoms with Gasteiger partial charge in [0, 0.05) is 17.3 Å². The van der Waals surface area contributed by atoms with Gasteiger partial charge < -0.3 is 11.1 Å². The van der Waals surface area contributed by atoms with Crippen LogP contribution < -0.4 is 11.1 Å². The van der Waals surface area contributed by atoms with E-state index in [0.717, 1.165) is 5.69 Å². The smallest absolute Gasteiger partial charge is 0.262 e. The third kappa shape index (κ3) is 2.70. The summed E-state index contributed by atoms with van der Waals surface area (Å²) in [7, 11) is 0. The number of hydrogen-bond acceptors (Lipinski definition) is 4. The molecule has 7 nitrogen and oxygen atoms in total. The first kappa shape index (κ1) is 15.2. The summed E-state index contributed by atoms with van der Waals surface area (Å²) < 4.78 is 3.16. The van der Waals surface area contributed by atoms with E-state index in [1.165, 1.54) is 0 Å². The van der Waals surface area contributed by atoms with Crippen LogP contribution in [0.1, 0.15) is 10.4 Å². The van der Waals surface area contributed by atoms with Gasteiger partial charge in [-0.2, -0.15) is 5.10 Å². The van der Waals surface area contributed by atoms with Crippen molar-refractivity contribution in [2.24, 2.45) is 0 Å². The lowest BCUT2D eigenvalue weighted by molar-refractivity contribution is 0.102. The number of halogens is 1. The van der Waals surface area contributed by atoms with Gasteiger partial charge in [0.1, 0.15) is 11.4 Å². The highest BCUT2D eigenvalue weighted by atomic mass is 35.5. The van der Waals surface area contributed by atoms with E-state index in [-0.39, 0.29) is 11.7 Å². The predicted octanol–water partition coefficient (Wildman–Crippen LogP) is 3.01. The van der Waals surface area contributed by atoms with Gasteiger partial charge in [0.05, 0.1) is 17.4 Å². The third-order valence-corrected chi connectivity index (χ3v) is 3.97. The molecule has 0 fully saturated rings. The minimum atomic E-state index is -0.359. The Balaban J connectivity index is 1.70. The van der Waals surface area contributed by atoms with Crippen molar-refractivity contribution in [1.29, 1.82) is 0 Å². The van der Waals surface area contributed by atoms with Crippen LogP contribution in [-0.2, 0) is 0 Å². The fourth-order valence-electron chi connectivity index (χ4n) is 2.64. The van der Waals surface area contributed by atoms with Crippen molar-refractivity contribution in [1.82, 2.24) is 19.4 Å². The standard InChI is InChI=1S/C17H13ClN6O/c18-11-4-3-5-12(10-11)24-14(7-8-20-24)21-17(25)15-13-6-1-2-9-23(13)22-16(15)19/h1-10H,(H2,19,22)(H,21,25). The van der Waals surface area contributed by atoms with E-state index in [0.29, 0.717) is 21.9 Å². The Hall–Kier alpha value is -3.32. The van der Waals surface area contributed by atoms with Crippen LogP contribution in [0.3, 0.4) is 0 Å². The number of carbonyl (C=O) groups is 1. The number of fused-ring (bicyclic) bond motifs is 1. The summed E-state index contributed by atoms with van der Waals surface area (Å²) in [6.07, 6.45) is 3.33. The average molecular weight is 353 g/mol. The number of rotatable bonds is 3. The Bertz CT molecular complexity index is 1080. The summed E-state index contributed by atoms with van der Waals surface area (Å²) in [6, 6.07) is 14.3. The molecule has 4 rings (SSSR count). The van der Waals surface area contributed by atoms with Gasteiger partial charge in [-0.1, -0.05) is 23.7 Å². The van der Waals surface area contributed by atoms with Crippen molar-refractivity contribution in [3.8, 4) is 5.69 Å². The molecule has 4 aromatic rings. The van der Waals surface area contributed by atoms with Crippen molar-refractivity contribution in [3.05, 3.63) is 71.5 Å². The quantitative estimate of drug-likeness (QED) is 0.593. The first-order chi connectivity index (χ1) is 12.1. The number of amides is 1. The maximum Gasteiger partial charge on any atom is 0.262 e. The van der Waals surface area contributed by atoms with Crippen molar-refractivity contribution >= 4 is 34.7 Å². The molecule has 0 aliphatic rings. The molecule has 0 radical (unpaired) electrons. The fraction of sp³-hybridized carbons (Fsp3) is 0. The summed E-state index contributed by atoms with van der Waals surface area (Å²) in [5.74, 6) is 0.307. The van der Waals surface area contributed by atoms with Gasteiger partial charge in [0.2, 0.25) is 0 Å². The van der Waals surface area contributed by atoms with Crippen LogP contribution in [0.15, 0.2) is 60.9 Å². The first-order valence-electron chi connectivity index (χ1n) is 7.47. The molecule has 25 heavy (non-hydrogen) atoms. The van der Waals surface area contributed by atoms with Gasteiger partial charge in [0.15, 0.2) is 5.82 Å². The summed E-state index contributed by atoms with van der Waals surface area (Å²) >= 11 is 6.03. The molecule has 124 valence electrons. The molecule has 3 N–H and O–H groups in total. The molecule has 3 aromatic heterocycles. The topological polar surface area (TPSA) is 90.2 Å². The zero-order valence-corrected chi connectivity index (χ0v) is 13.7. The van der Waals surface area contributed by atoms with Crippen molar-refractivity contribution in [2.75, 3.05) is 11.1 Å². The molecule has 0 bridgehead atoms. The minimum absolute atomic E-state index is 0.164. The second kappa shape index (κ2) is 5.95. The second-order valence-electron chi connectivity index (χ2n) is 5.35. The van der Waals surface area contributed by atoms with E-state index < -0.39 is 0 Å². The number of hydrogen-bond donors (Lipinski definition) is 2.